The van der Waals surface area contributed by atoms with Gasteiger partial charge in [-0.25, -0.2) is 0 Å². The van der Waals surface area contributed by atoms with E-state index in [1.54, 1.807) is 0 Å². The van der Waals surface area contributed by atoms with Crippen LogP contribution in [-0.2, 0) is 9.47 Å². The molecule has 0 aliphatic rings. The smallest absolute Gasteiger partial charge is 0.0701 e. The summed E-state index contributed by atoms with van der Waals surface area (Å²) < 4.78 is 10.3. The number of rotatable bonds is 7. The zero-order valence-electron chi connectivity index (χ0n) is 8.85. The molecule has 0 spiro atoms. The van der Waals surface area contributed by atoms with Crippen LogP contribution >= 0.6 is 0 Å². The fourth-order valence-corrected chi connectivity index (χ4v) is 0.538. The van der Waals surface area contributed by atoms with Crippen LogP contribution in [0.3, 0.4) is 0 Å². The van der Waals surface area contributed by atoms with Crippen LogP contribution in [0.2, 0.25) is 0 Å². The fourth-order valence-electron chi connectivity index (χ4n) is 0.538. The van der Waals surface area contributed by atoms with Crippen LogP contribution in [-0.4, -0.2) is 40.0 Å². The Morgan fingerprint density at radius 2 is 1.33 bits per heavy atom. The van der Waals surface area contributed by atoms with E-state index in [0.717, 1.165) is 19.8 Å². The van der Waals surface area contributed by atoms with Gasteiger partial charge < -0.3 is 14.8 Å². The van der Waals surface area contributed by atoms with Gasteiger partial charge in [0, 0.05) is 13.2 Å². The van der Waals surface area contributed by atoms with Gasteiger partial charge in [0.05, 0.1) is 19.8 Å². The molecule has 3 nitrogen and oxygen atoms in total. The van der Waals surface area contributed by atoms with Crippen molar-refractivity contribution in [1.82, 2.24) is 5.32 Å². The van der Waals surface area contributed by atoms with E-state index in [4.69, 9.17) is 9.47 Å². The van der Waals surface area contributed by atoms with E-state index in [1.165, 1.54) is 0 Å². The highest BCUT2D eigenvalue weighted by Gasteiger charge is 1.85. The molecule has 0 bridgehead atoms. The van der Waals surface area contributed by atoms with Crippen LogP contribution in [0.5, 0.6) is 0 Å². The number of likely N-dealkylation sites (N-methyl/N-ethyl adjacent to an activating group) is 1. The third-order valence-electron chi connectivity index (χ3n) is 1.07. The lowest BCUT2D eigenvalue weighted by Gasteiger charge is -2.02. The number of nitrogens with one attached hydrogen (secondary N) is 1. The first-order chi connectivity index (χ1) is 5.91. The summed E-state index contributed by atoms with van der Waals surface area (Å²) in [6.07, 6.45) is 0. The summed E-state index contributed by atoms with van der Waals surface area (Å²) in [6, 6.07) is 0. The summed E-state index contributed by atoms with van der Waals surface area (Å²) >= 11 is 0. The highest BCUT2D eigenvalue weighted by Crippen LogP contribution is 1.76. The molecular formula is C12H35NO2. The van der Waals surface area contributed by atoms with Crippen LogP contribution in [0.15, 0.2) is 0 Å². The Morgan fingerprint density at radius 1 is 0.867 bits per heavy atom. The molecule has 0 rings (SSSR count). The van der Waals surface area contributed by atoms with Crippen LogP contribution in [0.4, 0.5) is 0 Å². The Morgan fingerprint density at radius 3 is 1.73 bits per heavy atom. The number of hydrogen-bond donors (Lipinski definition) is 1. The molecule has 1 N–H and O–H groups in total. The monoisotopic (exact) mass is 225 g/mol. The summed E-state index contributed by atoms with van der Waals surface area (Å²) in [6.45, 7) is 9.84. The zero-order valence-corrected chi connectivity index (χ0v) is 8.85. The maximum Gasteiger partial charge on any atom is 0.0701 e. The van der Waals surface area contributed by atoms with E-state index in [2.05, 4.69) is 5.32 Å². The molecule has 0 atom stereocenters. The summed E-state index contributed by atoms with van der Waals surface area (Å²) in [5.74, 6) is 0. The Hall–Kier alpha value is -0.120. The summed E-state index contributed by atoms with van der Waals surface area (Å²) in [5, 5.41) is 2.99. The van der Waals surface area contributed by atoms with Gasteiger partial charge in [0.15, 0.2) is 0 Å². The second kappa shape index (κ2) is 37.1. The SMILES string of the molecule is C.C.C.CC.CCOCCOCCNC. The predicted octanol–water partition coefficient (Wildman–Crippen LogP) is 3.19. The quantitative estimate of drug-likeness (QED) is 0.675. The van der Waals surface area contributed by atoms with Crippen molar-refractivity contribution in [3.63, 3.8) is 0 Å². The molecule has 15 heavy (non-hydrogen) atoms. The third-order valence-corrected chi connectivity index (χ3v) is 1.07. The van der Waals surface area contributed by atoms with Gasteiger partial charge in [-0.15, -0.1) is 0 Å². The lowest BCUT2D eigenvalue weighted by Crippen LogP contribution is -2.16. The molecule has 0 radical (unpaired) electrons. The van der Waals surface area contributed by atoms with Gasteiger partial charge in [-0.2, -0.15) is 0 Å². The van der Waals surface area contributed by atoms with Gasteiger partial charge in [-0.1, -0.05) is 36.1 Å². The average Bonchev–Trinajstić information content (AvgIpc) is 2.15. The topological polar surface area (TPSA) is 30.5 Å². The van der Waals surface area contributed by atoms with Gasteiger partial charge in [-0.05, 0) is 14.0 Å². The predicted molar refractivity (Wildman–Crippen MR) is 72.8 cm³/mol. The maximum atomic E-state index is 5.19. The van der Waals surface area contributed by atoms with Crippen molar-refractivity contribution in [3.8, 4) is 0 Å². The van der Waals surface area contributed by atoms with Crippen molar-refractivity contribution in [1.29, 1.82) is 0 Å². The first-order valence-corrected chi connectivity index (χ1v) is 4.72. The normalized spacial score (nSPS) is 7.20. The lowest BCUT2D eigenvalue weighted by molar-refractivity contribution is 0.0545. The Kier molecular flexibility index (Phi) is 72.6. The van der Waals surface area contributed by atoms with Crippen LogP contribution in [0.25, 0.3) is 0 Å². The molecule has 0 unspecified atom stereocenters. The second-order valence-corrected chi connectivity index (χ2v) is 1.91. The van der Waals surface area contributed by atoms with E-state index < -0.39 is 0 Å². The van der Waals surface area contributed by atoms with Crippen LogP contribution in [0.1, 0.15) is 43.1 Å². The molecular weight excluding hydrogens is 190 g/mol. The molecule has 100 valence electrons. The van der Waals surface area contributed by atoms with Crippen molar-refractivity contribution in [2.75, 3.05) is 40.0 Å². The molecule has 0 aliphatic heterocycles. The highest BCUT2D eigenvalue weighted by molar-refractivity contribution is 4.35. The largest absolute Gasteiger partial charge is 0.379 e. The minimum atomic E-state index is 0. The van der Waals surface area contributed by atoms with Gasteiger partial charge in [-0.3, -0.25) is 0 Å². The molecule has 0 aromatic heterocycles. The molecule has 0 saturated carbocycles. The number of hydrogen-bond acceptors (Lipinski definition) is 3. The fraction of sp³-hybridized carbons (Fsp3) is 1.00. The molecule has 3 heteroatoms. The van der Waals surface area contributed by atoms with Crippen LogP contribution < -0.4 is 5.32 Å². The standard InChI is InChI=1S/C7H17NO2.C2H6.3CH4/c1-3-9-6-7-10-5-4-8-2;1-2;;;/h8H,3-7H2,1-2H3;1-2H3;3*1H4. The van der Waals surface area contributed by atoms with E-state index in [0.29, 0.717) is 13.2 Å². The molecule has 0 aromatic carbocycles. The van der Waals surface area contributed by atoms with Crippen molar-refractivity contribution < 1.29 is 9.47 Å². The Labute approximate surface area is 98.6 Å². The van der Waals surface area contributed by atoms with Gasteiger partial charge in [0.1, 0.15) is 0 Å². The first kappa shape index (κ1) is 29.4. The van der Waals surface area contributed by atoms with Gasteiger partial charge >= 0.3 is 0 Å². The van der Waals surface area contributed by atoms with E-state index in [-0.39, 0.29) is 22.3 Å². The summed E-state index contributed by atoms with van der Waals surface area (Å²) in [4.78, 5) is 0. The summed E-state index contributed by atoms with van der Waals surface area (Å²) in [5.41, 5.74) is 0. The van der Waals surface area contributed by atoms with E-state index in [9.17, 15) is 0 Å². The van der Waals surface area contributed by atoms with Gasteiger partial charge in [0.2, 0.25) is 0 Å². The third kappa shape index (κ3) is 41.4. The van der Waals surface area contributed by atoms with Crippen LogP contribution in [0, 0.1) is 0 Å². The van der Waals surface area contributed by atoms with Crippen molar-refractivity contribution in [2.45, 2.75) is 43.1 Å². The zero-order chi connectivity index (χ0) is 9.66. The molecule has 0 fully saturated rings. The van der Waals surface area contributed by atoms with E-state index >= 15 is 0 Å². The maximum absolute atomic E-state index is 5.19. The first-order valence-electron chi connectivity index (χ1n) is 4.72. The Bertz CT molecular complexity index is 53.6. The Balaban J connectivity index is -0.0000000626. The highest BCUT2D eigenvalue weighted by atomic mass is 16.5. The lowest BCUT2D eigenvalue weighted by atomic mass is 10.7. The van der Waals surface area contributed by atoms with Gasteiger partial charge in [0.25, 0.3) is 0 Å². The van der Waals surface area contributed by atoms with Crippen molar-refractivity contribution in [2.24, 2.45) is 0 Å². The molecule has 0 saturated heterocycles. The molecule has 0 heterocycles. The number of ether oxygens (including phenoxy) is 2. The molecule has 0 aromatic rings. The minimum absolute atomic E-state index is 0. The van der Waals surface area contributed by atoms with Crippen molar-refractivity contribution in [3.05, 3.63) is 0 Å². The average molecular weight is 225 g/mol. The van der Waals surface area contributed by atoms with E-state index in [1.807, 2.05) is 27.8 Å². The molecule has 0 amide bonds. The summed E-state index contributed by atoms with van der Waals surface area (Å²) in [7, 11) is 1.91. The minimum Gasteiger partial charge on any atom is -0.379 e. The molecule has 0 aliphatic carbocycles. The second-order valence-electron chi connectivity index (χ2n) is 1.91. The van der Waals surface area contributed by atoms with Crippen molar-refractivity contribution >= 4 is 0 Å².